The molecular formula is C16H14FN3O7. The van der Waals surface area contributed by atoms with Crippen LogP contribution in [-0.4, -0.2) is 29.0 Å². The quantitative estimate of drug-likeness (QED) is 0.577. The lowest BCUT2D eigenvalue weighted by atomic mass is 10.2. The summed E-state index contributed by atoms with van der Waals surface area (Å²) >= 11 is 0. The fourth-order valence-electron chi connectivity index (χ4n) is 2.12. The zero-order valence-electron chi connectivity index (χ0n) is 14.2. The number of benzene rings is 2. The first-order valence-electron chi connectivity index (χ1n) is 7.46. The van der Waals surface area contributed by atoms with Gasteiger partial charge in [-0.05, 0) is 19.1 Å². The van der Waals surface area contributed by atoms with Crippen LogP contribution in [0.3, 0.4) is 0 Å². The van der Waals surface area contributed by atoms with Crippen molar-refractivity contribution >= 4 is 23.0 Å². The number of amides is 1. The summed E-state index contributed by atoms with van der Waals surface area (Å²) in [5.74, 6) is -1.80. The third-order valence-electron chi connectivity index (χ3n) is 3.44. The molecule has 2 rings (SSSR count). The summed E-state index contributed by atoms with van der Waals surface area (Å²) in [6.45, 7) is 1.29. The third kappa shape index (κ3) is 4.66. The minimum absolute atomic E-state index is 0.0147. The normalized spacial score (nSPS) is 11.4. The number of nitro groups is 2. The Morgan fingerprint density at radius 1 is 1.11 bits per heavy atom. The van der Waals surface area contributed by atoms with E-state index >= 15 is 0 Å². The van der Waals surface area contributed by atoms with Gasteiger partial charge in [0.2, 0.25) is 5.75 Å². The second-order valence-corrected chi connectivity index (χ2v) is 5.26. The summed E-state index contributed by atoms with van der Waals surface area (Å²) in [4.78, 5) is 32.7. The minimum atomic E-state index is -1.27. The predicted molar refractivity (Wildman–Crippen MR) is 91.4 cm³/mol. The van der Waals surface area contributed by atoms with Crippen LogP contribution in [-0.2, 0) is 4.79 Å². The topological polar surface area (TPSA) is 134 Å². The molecule has 1 N–H and O–H groups in total. The highest BCUT2D eigenvalue weighted by atomic mass is 19.1. The van der Waals surface area contributed by atoms with Gasteiger partial charge in [0.05, 0.1) is 22.6 Å². The number of ether oxygens (including phenoxy) is 2. The molecule has 0 aromatic heterocycles. The Bertz CT molecular complexity index is 904. The second-order valence-electron chi connectivity index (χ2n) is 5.26. The van der Waals surface area contributed by atoms with Gasteiger partial charge in [0.1, 0.15) is 11.6 Å². The summed E-state index contributed by atoms with van der Waals surface area (Å²) in [7, 11) is 1.31. The molecule has 142 valence electrons. The smallest absolute Gasteiger partial charge is 0.311 e. The van der Waals surface area contributed by atoms with Crippen molar-refractivity contribution in [1.82, 2.24) is 0 Å². The minimum Gasteiger partial charge on any atom is -0.495 e. The van der Waals surface area contributed by atoms with Crippen molar-refractivity contribution in [3.63, 3.8) is 0 Å². The van der Waals surface area contributed by atoms with Gasteiger partial charge in [-0.15, -0.1) is 0 Å². The van der Waals surface area contributed by atoms with E-state index in [1.165, 1.54) is 26.2 Å². The highest BCUT2D eigenvalue weighted by Gasteiger charge is 2.23. The molecule has 10 nitrogen and oxygen atoms in total. The Labute approximate surface area is 151 Å². The van der Waals surface area contributed by atoms with Crippen LogP contribution in [0.15, 0.2) is 36.4 Å². The maximum Gasteiger partial charge on any atom is 0.311 e. The number of hydrogen-bond acceptors (Lipinski definition) is 7. The number of halogens is 1. The number of nitrogens with zero attached hydrogens (tertiary/aromatic N) is 2. The van der Waals surface area contributed by atoms with Crippen LogP contribution < -0.4 is 14.8 Å². The number of nitrogens with one attached hydrogen (secondary N) is 1. The van der Waals surface area contributed by atoms with Crippen LogP contribution in [0.4, 0.5) is 21.5 Å². The molecule has 2 aromatic carbocycles. The Hall–Kier alpha value is -3.76. The Morgan fingerprint density at radius 2 is 1.81 bits per heavy atom. The molecule has 0 fully saturated rings. The molecule has 1 amide bonds. The van der Waals surface area contributed by atoms with Gasteiger partial charge in [-0.3, -0.25) is 25.0 Å². The largest absolute Gasteiger partial charge is 0.495 e. The first-order valence-corrected chi connectivity index (χ1v) is 7.46. The lowest BCUT2D eigenvalue weighted by Crippen LogP contribution is -2.30. The van der Waals surface area contributed by atoms with E-state index in [-0.39, 0.29) is 17.1 Å². The van der Waals surface area contributed by atoms with Gasteiger partial charge in [0.15, 0.2) is 6.10 Å². The zero-order valence-corrected chi connectivity index (χ0v) is 14.2. The highest BCUT2D eigenvalue weighted by molar-refractivity contribution is 5.95. The van der Waals surface area contributed by atoms with Crippen LogP contribution in [0.25, 0.3) is 0 Å². The van der Waals surface area contributed by atoms with Gasteiger partial charge < -0.3 is 14.8 Å². The number of nitro benzene ring substituents is 2. The van der Waals surface area contributed by atoms with E-state index in [0.29, 0.717) is 0 Å². The van der Waals surface area contributed by atoms with Crippen LogP contribution >= 0.6 is 0 Å². The summed E-state index contributed by atoms with van der Waals surface area (Å²) in [6, 6.07) is 6.19. The Kier molecular flexibility index (Phi) is 5.85. The number of methoxy groups -OCH3 is 1. The Balaban J connectivity index is 2.22. The fourth-order valence-corrected chi connectivity index (χ4v) is 2.12. The second kappa shape index (κ2) is 8.08. The molecule has 11 heteroatoms. The van der Waals surface area contributed by atoms with Gasteiger partial charge in [0.25, 0.3) is 11.6 Å². The molecule has 2 aromatic rings. The average molecular weight is 379 g/mol. The van der Waals surface area contributed by atoms with Crippen molar-refractivity contribution in [2.75, 3.05) is 12.4 Å². The molecule has 0 bridgehead atoms. The number of anilines is 1. The van der Waals surface area contributed by atoms with Crippen LogP contribution in [0.1, 0.15) is 6.92 Å². The maximum atomic E-state index is 13.3. The van der Waals surface area contributed by atoms with Crippen molar-refractivity contribution in [2.45, 2.75) is 13.0 Å². The molecule has 1 atom stereocenters. The number of rotatable bonds is 7. The zero-order chi connectivity index (χ0) is 20.1. The molecule has 0 spiro atoms. The molecule has 0 aliphatic carbocycles. The monoisotopic (exact) mass is 379 g/mol. The molecule has 0 saturated carbocycles. The van der Waals surface area contributed by atoms with Crippen molar-refractivity contribution in [3.05, 3.63) is 62.4 Å². The average Bonchev–Trinajstić information content (AvgIpc) is 2.61. The summed E-state index contributed by atoms with van der Waals surface area (Å²) < 4.78 is 23.6. The molecular weight excluding hydrogens is 365 g/mol. The van der Waals surface area contributed by atoms with Gasteiger partial charge >= 0.3 is 5.69 Å². The van der Waals surface area contributed by atoms with E-state index in [1.807, 2.05) is 0 Å². The lowest BCUT2D eigenvalue weighted by molar-refractivity contribution is -0.386. The molecule has 27 heavy (non-hydrogen) atoms. The van der Waals surface area contributed by atoms with Gasteiger partial charge in [-0.25, -0.2) is 4.39 Å². The summed E-state index contributed by atoms with van der Waals surface area (Å²) in [5.41, 5.74) is -0.773. The molecule has 0 aliphatic heterocycles. The van der Waals surface area contributed by atoms with Crippen LogP contribution in [0.5, 0.6) is 11.5 Å². The lowest BCUT2D eigenvalue weighted by Gasteiger charge is -2.16. The van der Waals surface area contributed by atoms with E-state index < -0.39 is 39.1 Å². The van der Waals surface area contributed by atoms with Crippen molar-refractivity contribution in [3.8, 4) is 11.5 Å². The molecule has 0 saturated heterocycles. The molecule has 0 aliphatic rings. The number of hydrogen-bond donors (Lipinski definition) is 1. The van der Waals surface area contributed by atoms with Crippen LogP contribution in [0, 0.1) is 26.0 Å². The molecule has 1 unspecified atom stereocenters. The van der Waals surface area contributed by atoms with E-state index in [4.69, 9.17) is 9.47 Å². The predicted octanol–water partition coefficient (Wildman–Crippen LogP) is 3.06. The van der Waals surface area contributed by atoms with E-state index in [1.54, 1.807) is 0 Å². The van der Waals surface area contributed by atoms with E-state index in [0.717, 1.165) is 24.3 Å². The SMILES string of the molecule is COc1ccc([N+](=O)[O-])cc1NC(=O)C(C)Oc1cc(F)ccc1[N+](=O)[O-]. The van der Waals surface area contributed by atoms with Crippen molar-refractivity contribution < 1.29 is 28.5 Å². The molecule has 0 radical (unpaired) electrons. The van der Waals surface area contributed by atoms with Gasteiger partial charge in [0, 0.05) is 24.3 Å². The van der Waals surface area contributed by atoms with E-state index in [2.05, 4.69) is 5.32 Å². The van der Waals surface area contributed by atoms with Gasteiger partial charge in [-0.2, -0.15) is 0 Å². The fraction of sp³-hybridized carbons (Fsp3) is 0.188. The number of carbonyl (C=O) groups is 1. The van der Waals surface area contributed by atoms with Gasteiger partial charge in [-0.1, -0.05) is 0 Å². The van der Waals surface area contributed by atoms with Crippen molar-refractivity contribution in [2.24, 2.45) is 0 Å². The molecule has 0 heterocycles. The maximum absolute atomic E-state index is 13.3. The van der Waals surface area contributed by atoms with Crippen LogP contribution in [0.2, 0.25) is 0 Å². The number of carbonyl (C=O) groups excluding carboxylic acids is 1. The Morgan fingerprint density at radius 3 is 2.41 bits per heavy atom. The van der Waals surface area contributed by atoms with E-state index in [9.17, 15) is 29.4 Å². The first-order chi connectivity index (χ1) is 12.7. The third-order valence-corrected chi connectivity index (χ3v) is 3.44. The highest BCUT2D eigenvalue weighted by Crippen LogP contribution is 2.30. The van der Waals surface area contributed by atoms with Crippen molar-refractivity contribution in [1.29, 1.82) is 0 Å². The first kappa shape index (κ1) is 19.6. The standard InChI is InChI=1S/C16H14FN3O7/c1-9(27-15-7-10(17)3-5-13(15)20(24)25)16(21)18-12-8-11(19(22)23)4-6-14(12)26-2/h3-9H,1-2H3,(H,18,21). The summed E-state index contributed by atoms with van der Waals surface area (Å²) in [5, 5.41) is 24.2. The number of non-ortho nitro benzene ring substituents is 1. The summed E-state index contributed by atoms with van der Waals surface area (Å²) in [6.07, 6.45) is -1.27.